The largest absolute Gasteiger partial charge is 0.491 e. The molecular formula is C27H22N8O2. The van der Waals surface area contributed by atoms with Gasteiger partial charge in [-0.2, -0.15) is 10.1 Å². The summed E-state index contributed by atoms with van der Waals surface area (Å²) in [4.78, 5) is 17.7. The minimum Gasteiger partial charge on any atom is -0.491 e. The van der Waals surface area contributed by atoms with E-state index in [2.05, 4.69) is 25.4 Å². The third-order valence-corrected chi connectivity index (χ3v) is 5.83. The molecule has 0 atom stereocenters. The van der Waals surface area contributed by atoms with Gasteiger partial charge in [0.1, 0.15) is 5.69 Å². The van der Waals surface area contributed by atoms with Gasteiger partial charge in [0.2, 0.25) is 11.7 Å². The normalized spacial score (nSPS) is 11.1. The molecule has 4 aromatic heterocycles. The number of hydrogen-bond donors (Lipinski definition) is 1. The van der Waals surface area contributed by atoms with Crippen LogP contribution in [-0.4, -0.2) is 42.0 Å². The highest BCUT2D eigenvalue weighted by Gasteiger charge is 2.17. The zero-order valence-corrected chi connectivity index (χ0v) is 20.2. The fourth-order valence-corrected chi connectivity index (χ4v) is 4.11. The molecule has 0 bridgehead atoms. The van der Waals surface area contributed by atoms with Gasteiger partial charge in [-0.15, -0.1) is 0 Å². The summed E-state index contributed by atoms with van der Waals surface area (Å²) in [5.74, 6) is 2.65. The van der Waals surface area contributed by atoms with Crippen molar-refractivity contribution in [2.45, 2.75) is 13.5 Å². The van der Waals surface area contributed by atoms with Gasteiger partial charge in [-0.3, -0.25) is 9.67 Å². The first kappa shape index (κ1) is 22.4. The van der Waals surface area contributed by atoms with Gasteiger partial charge in [-0.05, 0) is 29.8 Å². The molecule has 37 heavy (non-hydrogen) atoms. The maximum Gasteiger partial charge on any atom is 0.223 e. The number of nitrogens with one attached hydrogen (secondary N) is 1. The number of benzene rings is 2. The smallest absolute Gasteiger partial charge is 0.223 e. The van der Waals surface area contributed by atoms with Gasteiger partial charge in [0.05, 0.1) is 25.4 Å². The van der Waals surface area contributed by atoms with Crippen molar-refractivity contribution in [1.82, 2.24) is 34.9 Å². The minimum absolute atomic E-state index is 0.489. The Labute approximate surface area is 212 Å². The average molecular weight is 491 g/mol. The molecule has 0 unspecified atom stereocenters. The van der Waals surface area contributed by atoms with Gasteiger partial charge >= 0.3 is 0 Å². The molecule has 0 saturated carbocycles. The molecule has 0 amide bonds. The molecule has 6 aromatic rings. The van der Waals surface area contributed by atoms with Crippen LogP contribution in [0.3, 0.4) is 0 Å². The number of hydrogen-bond acceptors (Lipinski definition) is 9. The zero-order chi connectivity index (χ0) is 25.2. The molecule has 10 heteroatoms. The molecule has 6 rings (SSSR count). The van der Waals surface area contributed by atoms with E-state index in [9.17, 15) is 0 Å². The van der Waals surface area contributed by atoms with Crippen molar-refractivity contribution in [3.63, 3.8) is 0 Å². The maximum atomic E-state index is 5.48. The number of rotatable bonds is 7. The van der Waals surface area contributed by atoms with Crippen molar-refractivity contribution in [3.05, 3.63) is 90.7 Å². The molecule has 0 aliphatic rings. The average Bonchev–Trinajstić information content (AvgIpc) is 3.53. The van der Waals surface area contributed by atoms with E-state index in [1.807, 2.05) is 65.3 Å². The molecule has 2 aromatic carbocycles. The Hall–Kier alpha value is -5.12. The van der Waals surface area contributed by atoms with E-state index in [0.717, 1.165) is 27.7 Å². The Bertz CT molecular complexity index is 1690. The van der Waals surface area contributed by atoms with Crippen LogP contribution in [0.5, 0.6) is 5.75 Å². The molecule has 0 radical (unpaired) electrons. The number of ether oxygens (including phenoxy) is 1. The van der Waals surface area contributed by atoms with E-state index in [1.54, 1.807) is 32.6 Å². The highest BCUT2D eigenvalue weighted by Crippen LogP contribution is 2.31. The fourth-order valence-electron chi connectivity index (χ4n) is 4.11. The van der Waals surface area contributed by atoms with Crippen molar-refractivity contribution in [3.8, 4) is 28.7 Å². The molecule has 1 N–H and O–H groups in total. The Morgan fingerprint density at radius 3 is 2.65 bits per heavy atom. The van der Waals surface area contributed by atoms with E-state index >= 15 is 0 Å². The maximum absolute atomic E-state index is 5.48. The van der Waals surface area contributed by atoms with Gasteiger partial charge in [-0.1, -0.05) is 41.6 Å². The number of fused-ring (bicyclic) bond motifs is 1. The highest BCUT2D eigenvalue weighted by molar-refractivity contribution is 5.92. The second-order valence-corrected chi connectivity index (χ2v) is 8.33. The first-order valence-corrected chi connectivity index (χ1v) is 11.6. The summed E-state index contributed by atoms with van der Waals surface area (Å²) in [6.07, 6.45) is 5.07. The van der Waals surface area contributed by atoms with Crippen molar-refractivity contribution >= 4 is 22.4 Å². The lowest BCUT2D eigenvalue weighted by Crippen LogP contribution is -2.03. The predicted octanol–water partition coefficient (Wildman–Crippen LogP) is 5.05. The van der Waals surface area contributed by atoms with Crippen LogP contribution < -0.4 is 10.1 Å². The third-order valence-electron chi connectivity index (χ3n) is 5.83. The second-order valence-electron chi connectivity index (χ2n) is 8.33. The Morgan fingerprint density at radius 2 is 1.84 bits per heavy atom. The summed E-state index contributed by atoms with van der Waals surface area (Å²) >= 11 is 0. The van der Waals surface area contributed by atoms with Gasteiger partial charge in [-0.25, -0.2) is 9.97 Å². The molecule has 0 aliphatic carbocycles. The van der Waals surface area contributed by atoms with Crippen LogP contribution in [0.25, 0.3) is 33.8 Å². The molecule has 0 spiro atoms. The highest BCUT2D eigenvalue weighted by atomic mass is 16.5. The first-order chi connectivity index (χ1) is 18.2. The molecule has 0 fully saturated rings. The van der Waals surface area contributed by atoms with E-state index < -0.39 is 0 Å². The van der Waals surface area contributed by atoms with E-state index in [4.69, 9.17) is 19.3 Å². The van der Waals surface area contributed by atoms with Gasteiger partial charge in [0, 0.05) is 36.0 Å². The number of para-hydroxylation sites is 1. The van der Waals surface area contributed by atoms with Gasteiger partial charge < -0.3 is 14.6 Å². The SMILES string of the molecule is COc1cnc(-c2nn(Cc3cccc(-c4noc(C)n4)c3)c3ccccc23)nc1Nc1ccncc1. The zero-order valence-electron chi connectivity index (χ0n) is 20.2. The Morgan fingerprint density at radius 1 is 0.973 bits per heavy atom. The number of anilines is 2. The fraction of sp³-hybridized carbons (Fsp3) is 0.111. The predicted molar refractivity (Wildman–Crippen MR) is 138 cm³/mol. The van der Waals surface area contributed by atoms with Crippen LogP contribution in [-0.2, 0) is 6.54 Å². The molecular weight excluding hydrogens is 468 g/mol. The lowest BCUT2D eigenvalue weighted by atomic mass is 10.1. The topological polar surface area (TPSA) is 117 Å². The third kappa shape index (κ3) is 4.47. The summed E-state index contributed by atoms with van der Waals surface area (Å²) in [7, 11) is 1.59. The number of aromatic nitrogens is 7. The van der Waals surface area contributed by atoms with E-state index in [1.165, 1.54) is 0 Å². The van der Waals surface area contributed by atoms with Crippen LogP contribution in [0.15, 0.2) is 83.8 Å². The lowest BCUT2D eigenvalue weighted by Gasteiger charge is -2.10. The summed E-state index contributed by atoms with van der Waals surface area (Å²) < 4.78 is 12.6. The quantitative estimate of drug-likeness (QED) is 0.328. The number of nitrogens with zero attached hydrogens (tertiary/aromatic N) is 7. The summed E-state index contributed by atoms with van der Waals surface area (Å²) in [6, 6.07) is 19.8. The second kappa shape index (κ2) is 9.50. The Kier molecular flexibility index (Phi) is 5.74. The van der Waals surface area contributed by atoms with Crippen LogP contribution in [0.1, 0.15) is 11.5 Å². The molecule has 10 nitrogen and oxygen atoms in total. The summed E-state index contributed by atoms with van der Waals surface area (Å²) in [5.41, 5.74) is 4.43. The molecule has 182 valence electrons. The van der Waals surface area contributed by atoms with Crippen molar-refractivity contribution in [1.29, 1.82) is 0 Å². The monoisotopic (exact) mass is 490 g/mol. The van der Waals surface area contributed by atoms with Crippen molar-refractivity contribution < 1.29 is 9.26 Å². The summed E-state index contributed by atoms with van der Waals surface area (Å²) in [6.45, 7) is 2.32. The van der Waals surface area contributed by atoms with Crippen LogP contribution >= 0.6 is 0 Å². The van der Waals surface area contributed by atoms with Crippen molar-refractivity contribution in [2.75, 3.05) is 12.4 Å². The van der Waals surface area contributed by atoms with Gasteiger partial charge in [0.25, 0.3) is 0 Å². The van der Waals surface area contributed by atoms with E-state index in [0.29, 0.717) is 41.3 Å². The van der Waals surface area contributed by atoms with E-state index in [-0.39, 0.29) is 0 Å². The number of aryl methyl sites for hydroxylation is 1. The number of pyridine rings is 1. The van der Waals surface area contributed by atoms with Crippen LogP contribution in [0.2, 0.25) is 0 Å². The van der Waals surface area contributed by atoms with Crippen molar-refractivity contribution in [2.24, 2.45) is 0 Å². The van der Waals surface area contributed by atoms with Gasteiger partial charge in [0.15, 0.2) is 17.4 Å². The Balaban J connectivity index is 1.38. The molecule has 0 saturated heterocycles. The number of methoxy groups -OCH3 is 1. The van der Waals surface area contributed by atoms with Crippen LogP contribution in [0, 0.1) is 6.92 Å². The summed E-state index contributed by atoms with van der Waals surface area (Å²) in [5, 5.41) is 13.2. The molecule has 0 aliphatic heterocycles. The lowest BCUT2D eigenvalue weighted by molar-refractivity contribution is 0.394. The standard InChI is InChI=1S/C27H22N8O2/c1-17-30-25(34-37-17)19-7-5-6-18(14-19)16-35-22-9-4-3-8-21(22)24(33-35)27-29-15-23(36-2)26(32-27)31-20-10-12-28-13-11-20/h3-15H,16H2,1-2H3,(H,28,29,31,32). The first-order valence-electron chi connectivity index (χ1n) is 11.6. The molecule has 4 heterocycles. The van der Waals surface area contributed by atoms with Crippen LogP contribution in [0.4, 0.5) is 11.5 Å². The minimum atomic E-state index is 0.489.